The summed E-state index contributed by atoms with van der Waals surface area (Å²) in [5, 5.41) is 9.03. The van der Waals surface area contributed by atoms with E-state index in [1.54, 1.807) is 13.0 Å². The molecule has 0 rings (SSSR count). The molecule has 0 bridgehead atoms. The van der Waals surface area contributed by atoms with E-state index in [4.69, 9.17) is 9.84 Å². The first-order chi connectivity index (χ1) is 13.1. The minimum atomic E-state index is -0.560. The first-order valence-corrected chi connectivity index (χ1v) is 11.5. The number of ether oxygens (including phenoxy) is 1. The molecule has 1 unspecified atom stereocenters. The number of allylic oxidation sites excluding steroid dienone is 1. The number of carbonyl (C=O) groups excluding carboxylic acids is 1. The van der Waals surface area contributed by atoms with E-state index in [9.17, 15) is 4.79 Å². The summed E-state index contributed by atoms with van der Waals surface area (Å²) in [5.74, 6) is -0.175. The Balaban J connectivity index is 0. The van der Waals surface area contributed by atoms with Crippen molar-refractivity contribution in [1.29, 1.82) is 0 Å². The Hall–Kier alpha value is -0.830. The highest BCUT2D eigenvalue weighted by Crippen LogP contribution is 2.13. The molecule has 3 heteroatoms. The van der Waals surface area contributed by atoms with Gasteiger partial charge in [-0.1, -0.05) is 103 Å². The fourth-order valence-electron chi connectivity index (χ4n) is 2.93. The zero-order valence-corrected chi connectivity index (χ0v) is 18.6. The maximum absolute atomic E-state index is 11.3. The van der Waals surface area contributed by atoms with Crippen molar-refractivity contribution in [2.45, 2.75) is 130 Å². The lowest BCUT2D eigenvalue weighted by Crippen LogP contribution is -2.14. The lowest BCUT2D eigenvalue weighted by molar-refractivity contribution is -0.146. The third kappa shape index (κ3) is 30.2. The van der Waals surface area contributed by atoms with Crippen LogP contribution in [0.3, 0.4) is 0 Å². The standard InChI is InChI=1S/C21H42O3.C3H6/c1-3-4-5-6-7-8-9-10-11-12-13-14-15-16-17-18-21(23)24-19-20(2)22;1-3-2/h20,22H,3-19H2,1-2H3;3H,1H2,2H3. The van der Waals surface area contributed by atoms with Crippen LogP contribution in [-0.2, 0) is 9.53 Å². The molecule has 0 saturated carbocycles. The van der Waals surface area contributed by atoms with Crippen LogP contribution in [-0.4, -0.2) is 23.8 Å². The van der Waals surface area contributed by atoms with Gasteiger partial charge in [0.05, 0.1) is 6.10 Å². The molecule has 0 aromatic heterocycles. The van der Waals surface area contributed by atoms with Crippen LogP contribution in [0.2, 0.25) is 0 Å². The summed E-state index contributed by atoms with van der Waals surface area (Å²) < 4.78 is 4.93. The van der Waals surface area contributed by atoms with Gasteiger partial charge in [0.25, 0.3) is 0 Å². The van der Waals surface area contributed by atoms with Crippen molar-refractivity contribution >= 4 is 5.97 Å². The molecule has 0 aliphatic carbocycles. The maximum Gasteiger partial charge on any atom is 0.305 e. The number of carbonyl (C=O) groups is 1. The van der Waals surface area contributed by atoms with Gasteiger partial charge < -0.3 is 9.84 Å². The molecule has 0 radical (unpaired) electrons. The topological polar surface area (TPSA) is 46.5 Å². The molecular formula is C24H48O3. The minimum Gasteiger partial charge on any atom is -0.463 e. The average molecular weight is 385 g/mol. The zero-order chi connectivity index (χ0) is 20.6. The molecule has 0 aliphatic heterocycles. The van der Waals surface area contributed by atoms with Gasteiger partial charge in [0.1, 0.15) is 6.61 Å². The first-order valence-electron chi connectivity index (χ1n) is 11.5. The van der Waals surface area contributed by atoms with E-state index >= 15 is 0 Å². The lowest BCUT2D eigenvalue weighted by atomic mass is 10.0. The van der Waals surface area contributed by atoms with Gasteiger partial charge in [-0.2, -0.15) is 0 Å². The molecule has 3 nitrogen and oxygen atoms in total. The van der Waals surface area contributed by atoms with Crippen LogP contribution in [0.4, 0.5) is 0 Å². The van der Waals surface area contributed by atoms with Crippen molar-refractivity contribution < 1.29 is 14.6 Å². The molecule has 1 atom stereocenters. The van der Waals surface area contributed by atoms with Crippen LogP contribution < -0.4 is 0 Å². The van der Waals surface area contributed by atoms with Crippen molar-refractivity contribution in [1.82, 2.24) is 0 Å². The van der Waals surface area contributed by atoms with E-state index in [-0.39, 0.29) is 12.6 Å². The summed E-state index contributed by atoms with van der Waals surface area (Å²) in [5.41, 5.74) is 0. The van der Waals surface area contributed by atoms with Crippen LogP contribution in [0, 0.1) is 0 Å². The molecule has 27 heavy (non-hydrogen) atoms. The van der Waals surface area contributed by atoms with E-state index in [0.29, 0.717) is 6.42 Å². The molecule has 162 valence electrons. The molecule has 1 N–H and O–H groups in total. The van der Waals surface area contributed by atoms with Gasteiger partial charge in [-0.15, -0.1) is 6.58 Å². The van der Waals surface area contributed by atoms with Crippen LogP contribution >= 0.6 is 0 Å². The summed E-state index contributed by atoms with van der Waals surface area (Å²) in [6, 6.07) is 0. The molecular weight excluding hydrogens is 336 g/mol. The molecule has 0 amide bonds. The lowest BCUT2D eigenvalue weighted by Gasteiger charge is -2.06. The Bertz CT molecular complexity index is 300. The number of hydrogen-bond donors (Lipinski definition) is 1. The van der Waals surface area contributed by atoms with Crippen LogP contribution in [0.1, 0.15) is 124 Å². The Morgan fingerprint density at radius 1 is 0.852 bits per heavy atom. The maximum atomic E-state index is 11.3. The third-order valence-corrected chi connectivity index (χ3v) is 4.47. The fraction of sp³-hybridized carbons (Fsp3) is 0.875. The van der Waals surface area contributed by atoms with Crippen LogP contribution in [0.25, 0.3) is 0 Å². The van der Waals surface area contributed by atoms with E-state index in [1.807, 2.05) is 6.92 Å². The zero-order valence-electron chi connectivity index (χ0n) is 18.6. The number of unbranched alkanes of at least 4 members (excludes halogenated alkanes) is 14. The van der Waals surface area contributed by atoms with Crippen LogP contribution in [0.15, 0.2) is 12.7 Å². The first kappa shape index (κ1) is 28.4. The monoisotopic (exact) mass is 384 g/mol. The van der Waals surface area contributed by atoms with Gasteiger partial charge in [-0.25, -0.2) is 0 Å². The molecule has 0 aromatic rings. The Kier molecular flexibility index (Phi) is 26.5. The second-order valence-electron chi connectivity index (χ2n) is 7.64. The van der Waals surface area contributed by atoms with E-state index in [0.717, 1.165) is 12.8 Å². The average Bonchev–Trinajstić information content (AvgIpc) is 2.64. The predicted octanol–water partition coefficient (Wildman–Crippen LogP) is 7.36. The van der Waals surface area contributed by atoms with Crippen molar-refractivity contribution in [2.75, 3.05) is 6.61 Å². The molecule has 0 fully saturated rings. The van der Waals surface area contributed by atoms with Crippen molar-refractivity contribution in [2.24, 2.45) is 0 Å². The van der Waals surface area contributed by atoms with Gasteiger partial charge in [-0.3, -0.25) is 4.79 Å². The van der Waals surface area contributed by atoms with Crippen molar-refractivity contribution in [3.05, 3.63) is 12.7 Å². The summed E-state index contributed by atoms with van der Waals surface area (Å²) in [7, 11) is 0. The molecule has 0 aliphatic rings. The fourth-order valence-corrected chi connectivity index (χ4v) is 2.93. The Morgan fingerprint density at radius 2 is 1.19 bits per heavy atom. The Morgan fingerprint density at radius 3 is 1.52 bits per heavy atom. The van der Waals surface area contributed by atoms with Crippen molar-refractivity contribution in [3.8, 4) is 0 Å². The third-order valence-electron chi connectivity index (χ3n) is 4.47. The SMILES string of the molecule is C=CC.CCCCCCCCCCCCCCCCCC(=O)OCC(C)O. The molecule has 0 spiro atoms. The smallest absolute Gasteiger partial charge is 0.305 e. The molecule has 0 saturated heterocycles. The van der Waals surface area contributed by atoms with E-state index in [2.05, 4.69) is 13.5 Å². The number of aliphatic hydroxyl groups excluding tert-OH is 1. The number of aliphatic hydroxyl groups is 1. The number of hydrogen-bond acceptors (Lipinski definition) is 3. The summed E-state index contributed by atoms with van der Waals surface area (Å²) in [4.78, 5) is 11.3. The predicted molar refractivity (Wildman–Crippen MR) is 118 cm³/mol. The van der Waals surface area contributed by atoms with Gasteiger partial charge in [-0.05, 0) is 20.3 Å². The summed E-state index contributed by atoms with van der Waals surface area (Å²) in [6.45, 7) is 9.27. The largest absolute Gasteiger partial charge is 0.463 e. The molecule has 0 heterocycles. The van der Waals surface area contributed by atoms with E-state index in [1.165, 1.54) is 83.5 Å². The van der Waals surface area contributed by atoms with Gasteiger partial charge in [0, 0.05) is 6.42 Å². The van der Waals surface area contributed by atoms with Crippen LogP contribution in [0.5, 0.6) is 0 Å². The van der Waals surface area contributed by atoms with Gasteiger partial charge in [0.15, 0.2) is 0 Å². The summed E-state index contributed by atoms with van der Waals surface area (Å²) >= 11 is 0. The normalized spacial score (nSPS) is 11.4. The number of rotatable bonds is 18. The minimum absolute atomic E-state index is 0.123. The van der Waals surface area contributed by atoms with Crippen molar-refractivity contribution in [3.63, 3.8) is 0 Å². The summed E-state index contributed by atoms with van der Waals surface area (Å²) in [6.07, 6.45) is 21.6. The quantitative estimate of drug-likeness (QED) is 0.152. The second kappa shape index (κ2) is 25.2. The Labute approximate surface area is 170 Å². The number of esters is 1. The second-order valence-corrected chi connectivity index (χ2v) is 7.64. The van der Waals surface area contributed by atoms with E-state index < -0.39 is 6.10 Å². The van der Waals surface area contributed by atoms with Gasteiger partial charge in [0.2, 0.25) is 0 Å². The van der Waals surface area contributed by atoms with Gasteiger partial charge >= 0.3 is 5.97 Å². The highest BCUT2D eigenvalue weighted by Gasteiger charge is 2.04. The highest BCUT2D eigenvalue weighted by molar-refractivity contribution is 5.69. The highest BCUT2D eigenvalue weighted by atomic mass is 16.5. The molecule has 0 aromatic carbocycles.